The fraction of sp³-hybridized carbons (Fsp3) is 0.800. The Morgan fingerprint density at radius 3 is 2.83 bits per heavy atom. The average molecular weight is 267 g/mol. The summed E-state index contributed by atoms with van der Waals surface area (Å²) < 4.78 is 0. The van der Waals surface area contributed by atoms with Crippen LogP contribution in [0.4, 0.5) is 0 Å². The van der Waals surface area contributed by atoms with E-state index < -0.39 is 5.60 Å². The number of aromatic nitrogens is 1. The summed E-state index contributed by atoms with van der Waals surface area (Å²) in [6, 6.07) is 0. The molecule has 102 valence electrons. The molecule has 1 N–H and O–H groups in total. The molecule has 0 bridgehead atoms. The Bertz CT molecular complexity index is 388. The van der Waals surface area contributed by atoms with Gasteiger partial charge in [0.2, 0.25) is 0 Å². The van der Waals surface area contributed by atoms with Crippen molar-refractivity contribution in [1.82, 2.24) is 4.98 Å². The molecular formula is C15H25NOS. The number of aliphatic hydroxyl groups is 1. The molecule has 2 nitrogen and oxygen atoms in total. The second-order valence-electron chi connectivity index (χ2n) is 6.22. The van der Waals surface area contributed by atoms with Crippen LogP contribution in [0.1, 0.15) is 56.7 Å². The van der Waals surface area contributed by atoms with E-state index in [4.69, 9.17) is 0 Å². The topological polar surface area (TPSA) is 33.1 Å². The maximum Gasteiger partial charge on any atom is 0.0956 e. The van der Waals surface area contributed by atoms with Gasteiger partial charge in [0.1, 0.15) is 0 Å². The van der Waals surface area contributed by atoms with Crippen LogP contribution in [0.15, 0.2) is 5.38 Å². The summed E-state index contributed by atoms with van der Waals surface area (Å²) in [5, 5.41) is 14.0. The minimum absolute atomic E-state index is 0.506. The zero-order valence-electron chi connectivity index (χ0n) is 11.8. The van der Waals surface area contributed by atoms with Crippen LogP contribution in [0.3, 0.4) is 0 Å². The molecule has 1 saturated carbocycles. The standard InChI is InChI=1S/C15H25NOS/c1-11(2)13-5-4-7-15(17,8-6-13)9-14-16-12(3)10-18-14/h10-11,13,17H,4-9H2,1-3H3. The highest BCUT2D eigenvalue weighted by molar-refractivity contribution is 7.09. The first-order chi connectivity index (χ1) is 8.48. The van der Waals surface area contributed by atoms with Crippen molar-refractivity contribution in [2.45, 2.75) is 64.9 Å². The number of aryl methyl sites for hydroxylation is 1. The molecule has 0 spiro atoms. The van der Waals surface area contributed by atoms with Crippen LogP contribution in [0.5, 0.6) is 0 Å². The van der Waals surface area contributed by atoms with Crippen molar-refractivity contribution in [1.29, 1.82) is 0 Å². The SMILES string of the molecule is Cc1csc(CC2(O)CCCC(C(C)C)CC2)n1. The van der Waals surface area contributed by atoms with Gasteiger partial charge in [-0.15, -0.1) is 11.3 Å². The first kappa shape index (κ1) is 14.0. The summed E-state index contributed by atoms with van der Waals surface area (Å²) in [7, 11) is 0. The summed E-state index contributed by atoms with van der Waals surface area (Å²) in [5.74, 6) is 1.53. The highest BCUT2D eigenvalue weighted by atomic mass is 32.1. The zero-order valence-corrected chi connectivity index (χ0v) is 12.6. The van der Waals surface area contributed by atoms with E-state index in [1.165, 1.54) is 12.8 Å². The fourth-order valence-electron chi connectivity index (χ4n) is 3.03. The van der Waals surface area contributed by atoms with Gasteiger partial charge in [-0.3, -0.25) is 0 Å². The minimum atomic E-state index is -0.506. The molecule has 0 aliphatic heterocycles. The molecule has 0 radical (unpaired) electrons. The molecule has 1 fully saturated rings. The molecule has 2 atom stereocenters. The molecule has 1 aromatic heterocycles. The zero-order chi connectivity index (χ0) is 13.2. The average Bonchev–Trinajstić information content (AvgIpc) is 2.58. The van der Waals surface area contributed by atoms with E-state index >= 15 is 0 Å². The molecule has 1 aliphatic rings. The minimum Gasteiger partial charge on any atom is -0.389 e. The lowest BCUT2D eigenvalue weighted by Gasteiger charge is -2.26. The van der Waals surface area contributed by atoms with Gasteiger partial charge in [-0.25, -0.2) is 4.98 Å². The fourth-order valence-corrected chi connectivity index (χ4v) is 3.93. The molecule has 0 saturated heterocycles. The Morgan fingerprint density at radius 2 is 2.22 bits per heavy atom. The van der Waals surface area contributed by atoms with Gasteiger partial charge >= 0.3 is 0 Å². The van der Waals surface area contributed by atoms with E-state index in [0.29, 0.717) is 0 Å². The summed E-state index contributed by atoms with van der Waals surface area (Å²) in [6.07, 6.45) is 6.22. The van der Waals surface area contributed by atoms with Gasteiger partial charge in [0.15, 0.2) is 0 Å². The lowest BCUT2D eigenvalue weighted by molar-refractivity contribution is 0.0236. The summed E-state index contributed by atoms with van der Waals surface area (Å²) in [6.45, 7) is 6.63. The van der Waals surface area contributed by atoms with E-state index in [1.54, 1.807) is 11.3 Å². The van der Waals surface area contributed by atoms with Gasteiger partial charge in [-0.05, 0) is 38.0 Å². The second kappa shape index (κ2) is 5.70. The smallest absolute Gasteiger partial charge is 0.0956 e. The first-order valence-electron chi connectivity index (χ1n) is 7.12. The van der Waals surface area contributed by atoms with Crippen LogP contribution in [-0.2, 0) is 6.42 Å². The van der Waals surface area contributed by atoms with E-state index in [2.05, 4.69) is 24.2 Å². The predicted octanol–water partition coefficient (Wildman–Crippen LogP) is 3.96. The van der Waals surface area contributed by atoms with Gasteiger partial charge in [0, 0.05) is 17.5 Å². The molecule has 18 heavy (non-hydrogen) atoms. The highest BCUT2D eigenvalue weighted by Crippen LogP contribution is 2.36. The van der Waals surface area contributed by atoms with Gasteiger partial charge < -0.3 is 5.11 Å². The number of hydrogen-bond donors (Lipinski definition) is 1. The second-order valence-corrected chi connectivity index (χ2v) is 7.16. The van der Waals surface area contributed by atoms with E-state index in [-0.39, 0.29) is 0 Å². The Hall–Kier alpha value is -0.410. The Morgan fingerprint density at radius 1 is 1.44 bits per heavy atom. The lowest BCUT2D eigenvalue weighted by atomic mass is 9.87. The quantitative estimate of drug-likeness (QED) is 0.841. The third-order valence-corrected chi connectivity index (χ3v) is 5.25. The predicted molar refractivity (Wildman–Crippen MR) is 76.9 cm³/mol. The molecule has 3 heteroatoms. The summed E-state index contributed by atoms with van der Waals surface area (Å²) >= 11 is 1.68. The van der Waals surface area contributed by atoms with Crippen molar-refractivity contribution in [3.05, 3.63) is 16.1 Å². The molecule has 1 aliphatic carbocycles. The van der Waals surface area contributed by atoms with E-state index in [1.807, 2.05) is 6.92 Å². The molecule has 1 heterocycles. The van der Waals surface area contributed by atoms with Gasteiger partial charge in [0.25, 0.3) is 0 Å². The maximum atomic E-state index is 10.8. The summed E-state index contributed by atoms with van der Waals surface area (Å²) in [5.41, 5.74) is 0.570. The van der Waals surface area contributed by atoms with Crippen molar-refractivity contribution in [2.24, 2.45) is 11.8 Å². The molecule has 1 aromatic rings. The van der Waals surface area contributed by atoms with E-state index in [9.17, 15) is 5.11 Å². The number of hydrogen-bond acceptors (Lipinski definition) is 3. The van der Waals surface area contributed by atoms with Crippen LogP contribution in [0.25, 0.3) is 0 Å². The van der Waals surface area contributed by atoms with E-state index in [0.717, 1.165) is 48.2 Å². The van der Waals surface area contributed by atoms with Crippen LogP contribution in [0.2, 0.25) is 0 Å². The van der Waals surface area contributed by atoms with Crippen molar-refractivity contribution in [3.63, 3.8) is 0 Å². The number of nitrogens with zero attached hydrogens (tertiary/aromatic N) is 1. The van der Waals surface area contributed by atoms with Crippen molar-refractivity contribution in [2.75, 3.05) is 0 Å². The molecule has 0 amide bonds. The van der Waals surface area contributed by atoms with Crippen LogP contribution >= 0.6 is 11.3 Å². The van der Waals surface area contributed by atoms with Crippen molar-refractivity contribution in [3.8, 4) is 0 Å². The third kappa shape index (κ3) is 3.55. The maximum absolute atomic E-state index is 10.8. The van der Waals surface area contributed by atoms with Crippen LogP contribution < -0.4 is 0 Å². The highest BCUT2D eigenvalue weighted by Gasteiger charge is 2.32. The van der Waals surface area contributed by atoms with Crippen molar-refractivity contribution >= 4 is 11.3 Å². The number of rotatable bonds is 3. The summed E-state index contributed by atoms with van der Waals surface area (Å²) in [4.78, 5) is 4.49. The van der Waals surface area contributed by atoms with Gasteiger partial charge in [-0.1, -0.05) is 26.7 Å². The van der Waals surface area contributed by atoms with Crippen LogP contribution in [0, 0.1) is 18.8 Å². The third-order valence-electron chi connectivity index (χ3n) is 4.29. The number of thiazole rings is 1. The molecule has 2 unspecified atom stereocenters. The Kier molecular flexibility index (Phi) is 4.44. The molecule has 2 rings (SSSR count). The first-order valence-corrected chi connectivity index (χ1v) is 8.00. The Balaban J connectivity index is 1.98. The molecule has 0 aromatic carbocycles. The molecular weight excluding hydrogens is 242 g/mol. The normalized spacial score (nSPS) is 29.5. The lowest BCUT2D eigenvalue weighted by Crippen LogP contribution is -2.30. The van der Waals surface area contributed by atoms with Gasteiger partial charge in [-0.2, -0.15) is 0 Å². The Labute approximate surface area is 114 Å². The van der Waals surface area contributed by atoms with Crippen LogP contribution in [-0.4, -0.2) is 15.7 Å². The van der Waals surface area contributed by atoms with Gasteiger partial charge in [0.05, 0.1) is 10.6 Å². The largest absolute Gasteiger partial charge is 0.389 e. The monoisotopic (exact) mass is 267 g/mol. The van der Waals surface area contributed by atoms with Crippen molar-refractivity contribution < 1.29 is 5.11 Å².